The van der Waals surface area contributed by atoms with Crippen LogP contribution in [0.2, 0.25) is 0 Å². The van der Waals surface area contributed by atoms with Crippen LogP contribution in [0.1, 0.15) is 50.2 Å². The summed E-state index contributed by atoms with van der Waals surface area (Å²) in [6.45, 7) is 5.21. The van der Waals surface area contributed by atoms with Crippen LogP contribution < -0.4 is 10.2 Å². The largest absolute Gasteiger partial charge is 0.351 e. The van der Waals surface area contributed by atoms with E-state index in [0.717, 1.165) is 47.4 Å². The van der Waals surface area contributed by atoms with Crippen LogP contribution in [-0.2, 0) is 19.6 Å². The highest BCUT2D eigenvalue weighted by Gasteiger charge is 2.50. The molecule has 2 aliphatic rings. The van der Waals surface area contributed by atoms with E-state index in [0.29, 0.717) is 5.69 Å². The Labute approximate surface area is 173 Å². The first-order valence-electron chi connectivity index (χ1n) is 10.2. The number of nitrogens with zero attached hydrogens (tertiary/aromatic N) is 2. The highest BCUT2D eigenvalue weighted by molar-refractivity contribution is 7.88. The van der Waals surface area contributed by atoms with Crippen LogP contribution in [0.3, 0.4) is 0 Å². The number of carbonyl (C=O) groups is 2. The van der Waals surface area contributed by atoms with Gasteiger partial charge in [-0.3, -0.25) is 14.5 Å². The predicted octanol–water partition coefficient (Wildman–Crippen LogP) is 2.12. The van der Waals surface area contributed by atoms with E-state index in [9.17, 15) is 18.0 Å². The molecular weight excluding hydrogens is 390 g/mol. The average molecular weight is 422 g/mol. The Morgan fingerprint density at radius 1 is 1.10 bits per heavy atom. The molecule has 160 valence electrons. The molecule has 1 atom stereocenters. The Bertz CT molecular complexity index is 888. The van der Waals surface area contributed by atoms with Gasteiger partial charge in [-0.15, -0.1) is 0 Å². The van der Waals surface area contributed by atoms with E-state index in [2.05, 4.69) is 5.32 Å². The molecule has 0 spiro atoms. The SMILES string of the molecule is Cc1cc(C)cc(N2C(=O)CN(S(C)(=O)=O)C[C@]2(C)C(=O)NC2CCCCC2)c1. The molecule has 1 aromatic carbocycles. The van der Waals surface area contributed by atoms with E-state index in [1.807, 2.05) is 32.0 Å². The van der Waals surface area contributed by atoms with Crippen LogP contribution in [0, 0.1) is 13.8 Å². The summed E-state index contributed by atoms with van der Waals surface area (Å²) in [5, 5.41) is 3.10. The summed E-state index contributed by atoms with van der Waals surface area (Å²) in [6.07, 6.45) is 6.20. The first kappa shape index (κ1) is 21.8. The van der Waals surface area contributed by atoms with Crippen molar-refractivity contribution < 1.29 is 18.0 Å². The van der Waals surface area contributed by atoms with E-state index in [-0.39, 0.29) is 25.0 Å². The van der Waals surface area contributed by atoms with Gasteiger partial charge in [0.2, 0.25) is 21.8 Å². The Hall–Kier alpha value is -1.93. The number of nitrogens with one attached hydrogen (secondary N) is 1. The van der Waals surface area contributed by atoms with Crippen molar-refractivity contribution in [2.75, 3.05) is 24.2 Å². The molecule has 7 nitrogen and oxygen atoms in total. The Morgan fingerprint density at radius 3 is 2.24 bits per heavy atom. The average Bonchev–Trinajstić information content (AvgIpc) is 2.60. The minimum absolute atomic E-state index is 0.0664. The zero-order valence-corrected chi connectivity index (χ0v) is 18.5. The number of carbonyl (C=O) groups excluding carboxylic acids is 2. The van der Waals surface area contributed by atoms with Gasteiger partial charge in [0.1, 0.15) is 5.54 Å². The third-order valence-electron chi connectivity index (χ3n) is 5.90. The number of piperazine rings is 1. The summed E-state index contributed by atoms with van der Waals surface area (Å²) >= 11 is 0. The quantitative estimate of drug-likeness (QED) is 0.807. The maximum absolute atomic E-state index is 13.4. The number of benzene rings is 1. The monoisotopic (exact) mass is 421 g/mol. The van der Waals surface area contributed by atoms with Crippen LogP contribution >= 0.6 is 0 Å². The van der Waals surface area contributed by atoms with Crippen molar-refractivity contribution in [3.63, 3.8) is 0 Å². The topological polar surface area (TPSA) is 86.8 Å². The summed E-state index contributed by atoms with van der Waals surface area (Å²) in [5.74, 6) is -0.696. The van der Waals surface area contributed by atoms with Gasteiger partial charge in [-0.25, -0.2) is 8.42 Å². The molecule has 2 amide bonds. The lowest BCUT2D eigenvalue weighted by atomic mass is 9.91. The number of hydrogen-bond donors (Lipinski definition) is 1. The standard InChI is InChI=1S/C21H31N3O4S/c1-15-10-16(2)12-18(11-15)24-19(25)13-23(29(4,27)28)14-21(24,3)20(26)22-17-8-6-5-7-9-17/h10-12,17H,5-9,13-14H2,1-4H3,(H,22,26)/t21-/m1/s1. The molecule has 1 saturated heterocycles. The van der Waals surface area contributed by atoms with Crippen molar-refractivity contribution in [3.05, 3.63) is 29.3 Å². The lowest BCUT2D eigenvalue weighted by Gasteiger charge is -2.47. The molecule has 0 unspecified atom stereocenters. The molecule has 0 radical (unpaired) electrons. The van der Waals surface area contributed by atoms with E-state index in [1.165, 1.54) is 11.3 Å². The van der Waals surface area contributed by atoms with Crippen molar-refractivity contribution in [2.24, 2.45) is 0 Å². The van der Waals surface area contributed by atoms with Crippen molar-refractivity contribution >= 4 is 27.5 Å². The van der Waals surface area contributed by atoms with Gasteiger partial charge in [0, 0.05) is 18.3 Å². The van der Waals surface area contributed by atoms with Gasteiger partial charge >= 0.3 is 0 Å². The number of rotatable bonds is 4. The van der Waals surface area contributed by atoms with Crippen LogP contribution in [0.4, 0.5) is 5.69 Å². The number of hydrogen-bond acceptors (Lipinski definition) is 4. The van der Waals surface area contributed by atoms with Crippen molar-refractivity contribution in [3.8, 4) is 0 Å². The Kier molecular flexibility index (Phi) is 6.06. The molecule has 1 aliphatic heterocycles. The van der Waals surface area contributed by atoms with Gasteiger partial charge in [0.15, 0.2) is 0 Å². The van der Waals surface area contributed by atoms with Gasteiger partial charge < -0.3 is 5.32 Å². The normalized spacial score (nSPS) is 24.6. The van der Waals surface area contributed by atoms with Gasteiger partial charge in [-0.2, -0.15) is 4.31 Å². The third-order valence-corrected chi connectivity index (χ3v) is 7.10. The van der Waals surface area contributed by atoms with Crippen molar-refractivity contribution in [1.82, 2.24) is 9.62 Å². The smallest absolute Gasteiger partial charge is 0.247 e. The summed E-state index contributed by atoms with van der Waals surface area (Å²) in [7, 11) is -3.61. The minimum atomic E-state index is -3.61. The van der Waals surface area contributed by atoms with Gasteiger partial charge in [-0.1, -0.05) is 25.3 Å². The first-order valence-corrected chi connectivity index (χ1v) is 12.0. The predicted molar refractivity (Wildman–Crippen MR) is 113 cm³/mol. The van der Waals surface area contributed by atoms with Gasteiger partial charge in [-0.05, 0) is 56.9 Å². The van der Waals surface area contributed by atoms with Crippen LogP contribution in [0.5, 0.6) is 0 Å². The molecule has 8 heteroatoms. The maximum atomic E-state index is 13.4. The van der Waals surface area contributed by atoms with Crippen molar-refractivity contribution in [2.45, 2.75) is 64.5 Å². The molecule has 1 aromatic rings. The van der Waals surface area contributed by atoms with Gasteiger partial charge in [0.05, 0.1) is 12.8 Å². The number of anilines is 1. The minimum Gasteiger partial charge on any atom is -0.351 e. The first-order chi connectivity index (χ1) is 13.5. The molecular formula is C21H31N3O4S. The molecule has 1 saturated carbocycles. The fraction of sp³-hybridized carbons (Fsp3) is 0.619. The number of amides is 2. The molecule has 1 heterocycles. The lowest BCUT2D eigenvalue weighted by molar-refractivity contribution is -0.133. The number of sulfonamides is 1. The van der Waals surface area contributed by atoms with Crippen molar-refractivity contribution in [1.29, 1.82) is 0 Å². The molecule has 3 rings (SSSR count). The summed E-state index contributed by atoms with van der Waals surface area (Å²) in [5.41, 5.74) is 1.26. The second-order valence-electron chi connectivity index (χ2n) is 8.69. The van der Waals surface area contributed by atoms with E-state index in [1.54, 1.807) is 6.92 Å². The highest BCUT2D eigenvalue weighted by Crippen LogP contribution is 2.32. The van der Waals surface area contributed by atoms with Crippen LogP contribution in [-0.4, -0.2) is 55.5 Å². The van der Waals surface area contributed by atoms with E-state index >= 15 is 0 Å². The lowest BCUT2D eigenvalue weighted by Crippen LogP contribution is -2.70. The molecule has 29 heavy (non-hydrogen) atoms. The molecule has 1 aliphatic carbocycles. The van der Waals surface area contributed by atoms with Gasteiger partial charge in [0.25, 0.3) is 0 Å². The molecule has 2 fully saturated rings. The third kappa shape index (κ3) is 4.64. The number of aryl methyl sites for hydroxylation is 2. The van der Waals surface area contributed by atoms with Crippen LogP contribution in [0.15, 0.2) is 18.2 Å². The second kappa shape index (κ2) is 8.07. The highest BCUT2D eigenvalue weighted by atomic mass is 32.2. The summed E-state index contributed by atoms with van der Waals surface area (Å²) < 4.78 is 25.5. The Morgan fingerprint density at radius 2 is 1.69 bits per heavy atom. The fourth-order valence-corrected chi connectivity index (χ4v) is 5.30. The molecule has 1 N–H and O–H groups in total. The second-order valence-corrected chi connectivity index (χ2v) is 10.7. The Balaban J connectivity index is 2.01. The molecule has 0 bridgehead atoms. The van der Waals surface area contributed by atoms with Crippen LogP contribution in [0.25, 0.3) is 0 Å². The molecule has 0 aromatic heterocycles. The van der Waals surface area contributed by atoms with E-state index < -0.39 is 21.5 Å². The summed E-state index contributed by atoms with van der Waals surface area (Å²) in [4.78, 5) is 28.1. The summed E-state index contributed by atoms with van der Waals surface area (Å²) in [6, 6.07) is 5.80. The zero-order chi connectivity index (χ0) is 21.4. The maximum Gasteiger partial charge on any atom is 0.247 e. The van der Waals surface area contributed by atoms with E-state index in [4.69, 9.17) is 0 Å². The fourth-order valence-electron chi connectivity index (χ4n) is 4.47. The zero-order valence-electron chi connectivity index (χ0n) is 17.7.